The predicted molar refractivity (Wildman–Crippen MR) is 75.3 cm³/mol. The van der Waals surface area contributed by atoms with Gasteiger partial charge in [-0.3, -0.25) is 14.6 Å². The lowest BCUT2D eigenvalue weighted by Crippen LogP contribution is -2.32. The largest absolute Gasteiger partial charge is 0.468 e. The van der Waals surface area contributed by atoms with Crippen LogP contribution in [0.15, 0.2) is 23.2 Å². The number of nitrogens with zero attached hydrogens (tertiary/aromatic N) is 1. The van der Waals surface area contributed by atoms with Gasteiger partial charge < -0.3 is 4.74 Å². The summed E-state index contributed by atoms with van der Waals surface area (Å²) in [5.41, 5.74) is -4.33. The molecule has 1 aromatic rings. The minimum absolute atomic E-state index is 0.106. The molecule has 0 spiro atoms. The van der Waals surface area contributed by atoms with Crippen LogP contribution in [0.5, 0.6) is 0 Å². The summed E-state index contributed by atoms with van der Waals surface area (Å²) in [6, 6.07) is 0.414. The van der Waals surface area contributed by atoms with Crippen LogP contribution in [0.25, 0.3) is 0 Å². The summed E-state index contributed by atoms with van der Waals surface area (Å²) in [6.07, 6.45) is -10.2. The van der Waals surface area contributed by atoms with E-state index >= 15 is 0 Å². The third-order valence-corrected chi connectivity index (χ3v) is 3.34. The van der Waals surface area contributed by atoms with E-state index in [-0.39, 0.29) is 23.9 Å². The topological polar surface area (TPSA) is 55.7 Å². The lowest BCUT2D eigenvalue weighted by molar-refractivity contribution is -0.143. The summed E-state index contributed by atoms with van der Waals surface area (Å²) in [4.78, 5) is 27.7. The highest BCUT2D eigenvalue weighted by atomic mass is 19.4. The Labute approximate surface area is 138 Å². The van der Waals surface area contributed by atoms with Gasteiger partial charge in [0.25, 0.3) is 0 Å². The highest BCUT2D eigenvalue weighted by molar-refractivity contribution is 6.23. The Hall–Kier alpha value is -2.39. The van der Waals surface area contributed by atoms with Crippen LogP contribution in [0.2, 0.25) is 0 Å². The summed E-state index contributed by atoms with van der Waals surface area (Å²) in [6.45, 7) is 1.23. The van der Waals surface area contributed by atoms with Gasteiger partial charge >= 0.3 is 18.3 Å². The molecule has 0 radical (unpaired) electrons. The number of aliphatic imine (C=N–C) groups is 1. The minimum atomic E-state index is -5.11. The van der Waals surface area contributed by atoms with Gasteiger partial charge in [0.05, 0.1) is 18.2 Å². The van der Waals surface area contributed by atoms with Crippen LogP contribution in [0.4, 0.5) is 26.3 Å². The average molecular weight is 369 g/mol. The van der Waals surface area contributed by atoms with E-state index in [0.717, 1.165) is 7.11 Å². The fourth-order valence-electron chi connectivity index (χ4n) is 1.98. The molecule has 1 atom stereocenters. The number of carbonyl (C=O) groups is 2. The van der Waals surface area contributed by atoms with E-state index in [4.69, 9.17) is 0 Å². The molecule has 0 aliphatic heterocycles. The van der Waals surface area contributed by atoms with Crippen molar-refractivity contribution in [2.24, 2.45) is 10.9 Å². The zero-order valence-corrected chi connectivity index (χ0v) is 13.2. The van der Waals surface area contributed by atoms with Crippen molar-refractivity contribution in [1.29, 1.82) is 0 Å². The van der Waals surface area contributed by atoms with Crippen LogP contribution >= 0.6 is 0 Å². The number of Topliss-reactive ketones (excluding diaryl/α,β-unsaturated/α-hetero) is 1. The average Bonchev–Trinajstić information content (AvgIpc) is 2.52. The van der Waals surface area contributed by atoms with Gasteiger partial charge in [0.1, 0.15) is 0 Å². The number of esters is 1. The van der Waals surface area contributed by atoms with Crippen LogP contribution in [0, 0.1) is 5.92 Å². The molecular formula is C15H13F6NO3. The quantitative estimate of drug-likeness (QED) is 0.267. The Kier molecular flexibility index (Phi) is 5.98. The maximum absolute atomic E-state index is 12.9. The molecule has 1 unspecified atom stereocenters. The maximum Gasteiger partial charge on any atom is 0.416 e. The van der Waals surface area contributed by atoms with Crippen molar-refractivity contribution < 1.29 is 40.7 Å². The molecule has 4 nitrogen and oxygen atoms in total. The van der Waals surface area contributed by atoms with E-state index in [0.29, 0.717) is 0 Å². The van der Waals surface area contributed by atoms with Crippen molar-refractivity contribution in [2.75, 3.05) is 14.2 Å². The zero-order valence-electron chi connectivity index (χ0n) is 13.2. The second-order valence-corrected chi connectivity index (χ2v) is 4.98. The van der Waals surface area contributed by atoms with Gasteiger partial charge in [0.15, 0.2) is 11.7 Å². The smallest absolute Gasteiger partial charge is 0.416 e. The molecule has 0 amide bonds. The summed E-state index contributed by atoms with van der Waals surface area (Å²) < 4.78 is 81.5. The first-order valence-electron chi connectivity index (χ1n) is 6.67. The summed E-state index contributed by atoms with van der Waals surface area (Å²) in [7, 11) is 2.14. The van der Waals surface area contributed by atoms with Gasteiger partial charge in [-0.1, -0.05) is 0 Å². The molecule has 0 bridgehead atoms. The molecule has 0 aliphatic rings. The number of carbonyl (C=O) groups excluding carboxylic acids is 2. The van der Waals surface area contributed by atoms with Gasteiger partial charge in [0.2, 0.25) is 0 Å². The number of halogens is 6. The van der Waals surface area contributed by atoms with E-state index in [1.165, 1.54) is 14.0 Å². The number of hydrogen-bond acceptors (Lipinski definition) is 4. The minimum Gasteiger partial charge on any atom is -0.468 e. The van der Waals surface area contributed by atoms with Gasteiger partial charge in [-0.25, -0.2) is 0 Å². The molecule has 0 heterocycles. The summed E-state index contributed by atoms with van der Waals surface area (Å²) >= 11 is 0. The highest BCUT2D eigenvalue weighted by Crippen LogP contribution is 2.36. The number of ether oxygens (including phenoxy) is 1. The Bertz CT molecular complexity index is 674. The predicted octanol–water partition coefficient (Wildman–Crippen LogP) is 3.79. The Morgan fingerprint density at radius 2 is 1.44 bits per heavy atom. The van der Waals surface area contributed by atoms with Crippen LogP contribution in [-0.4, -0.2) is 31.6 Å². The molecule has 138 valence electrons. The van der Waals surface area contributed by atoms with E-state index in [1.54, 1.807) is 0 Å². The number of ketones is 1. The van der Waals surface area contributed by atoms with Crippen LogP contribution in [0.3, 0.4) is 0 Å². The molecule has 1 aromatic carbocycles. The Balaban J connectivity index is 3.58. The van der Waals surface area contributed by atoms with Crippen LogP contribution in [-0.2, 0) is 21.9 Å². The van der Waals surface area contributed by atoms with E-state index < -0.39 is 46.7 Å². The van der Waals surface area contributed by atoms with Crippen molar-refractivity contribution in [3.63, 3.8) is 0 Å². The van der Waals surface area contributed by atoms with E-state index in [1.807, 2.05) is 0 Å². The number of hydrogen-bond donors (Lipinski definition) is 0. The number of rotatable bonds is 4. The van der Waals surface area contributed by atoms with Crippen LogP contribution < -0.4 is 0 Å². The molecular weight excluding hydrogens is 356 g/mol. The molecule has 25 heavy (non-hydrogen) atoms. The van der Waals surface area contributed by atoms with Crippen molar-refractivity contribution in [2.45, 2.75) is 19.3 Å². The number of alkyl halides is 6. The van der Waals surface area contributed by atoms with Gasteiger partial charge in [-0.05, 0) is 25.1 Å². The first kappa shape index (κ1) is 20.7. The Morgan fingerprint density at radius 1 is 1.00 bits per heavy atom. The Morgan fingerprint density at radius 3 is 1.76 bits per heavy atom. The monoisotopic (exact) mass is 369 g/mol. The second kappa shape index (κ2) is 7.24. The first-order chi connectivity index (χ1) is 11.3. The zero-order chi connectivity index (χ0) is 19.6. The van der Waals surface area contributed by atoms with Gasteiger partial charge in [-0.2, -0.15) is 26.3 Å². The highest BCUT2D eigenvalue weighted by Gasteiger charge is 2.39. The lowest BCUT2D eigenvalue weighted by atomic mass is 9.91. The van der Waals surface area contributed by atoms with Crippen molar-refractivity contribution in [1.82, 2.24) is 0 Å². The summed E-state index contributed by atoms with van der Waals surface area (Å²) in [5, 5.41) is 0. The van der Waals surface area contributed by atoms with E-state index in [2.05, 4.69) is 9.73 Å². The lowest BCUT2D eigenvalue weighted by Gasteiger charge is -2.17. The van der Waals surface area contributed by atoms with Crippen molar-refractivity contribution in [3.05, 3.63) is 34.9 Å². The van der Waals surface area contributed by atoms with Crippen LogP contribution in [0.1, 0.15) is 28.4 Å². The number of benzene rings is 1. The number of methoxy groups -OCH3 is 1. The normalized spacial score (nSPS) is 14.2. The molecule has 0 saturated carbocycles. The molecule has 0 fully saturated rings. The molecule has 1 rings (SSSR count). The third kappa shape index (κ3) is 4.80. The SMILES string of the molecule is CN=C(C)C(C(=O)OC)C(=O)c1cc(C(F)(F)F)cc(C(F)(F)F)c1. The fraction of sp³-hybridized carbons (Fsp3) is 0.400. The second-order valence-electron chi connectivity index (χ2n) is 4.98. The van der Waals surface area contributed by atoms with Gasteiger partial charge in [0, 0.05) is 18.3 Å². The molecule has 0 aromatic heterocycles. The summed E-state index contributed by atoms with van der Waals surface area (Å²) in [5.74, 6) is -4.15. The van der Waals surface area contributed by atoms with Gasteiger partial charge in [-0.15, -0.1) is 0 Å². The molecule has 10 heteroatoms. The van der Waals surface area contributed by atoms with Crippen molar-refractivity contribution >= 4 is 17.5 Å². The fourth-order valence-corrected chi connectivity index (χ4v) is 1.98. The standard InChI is InChI=1S/C15H13F6NO3/c1-7(22-2)11(13(24)25-3)12(23)8-4-9(14(16,17)18)6-10(5-8)15(19,20)21/h4-6,11H,1-3H3. The molecule has 0 aliphatic carbocycles. The molecule has 0 saturated heterocycles. The molecule has 0 N–H and O–H groups in total. The third-order valence-electron chi connectivity index (χ3n) is 3.34. The maximum atomic E-state index is 12.9. The van der Waals surface area contributed by atoms with E-state index in [9.17, 15) is 35.9 Å². The van der Waals surface area contributed by atoms with Crippen molar-refractivity contribution in [3.8, 4) is 0 Å². The first-order valence-corrected chi connectivity index (χ1v) is 6.67.